The minimum atomic E-state index is -0.298. The van der Waals surface area contributed by atoms with Crippen molar-refractivity contribution in [2.24, 2.45) is 0 Å². The quantitative estimate of drug-likeness (QED) is 0.857. The Hall–Kier alpha value is -2.97. The van der Waals surface area contributed by atoms with Crippen LogP contribution in [0.25, 0.3) is 0 Å². The van der Waals surface area contributed by atoms with Crippen molar-refractivity contribution in [3.8, 4) is 6.07 Å². The fourth-order valence-corrected chi connectivity index (χ4v) is 2.91. The van der Waals surface area contributed by atoms with Gasteiger partial charge in [-0.2, -0.15) is 5.26 Å². The maximum Gasteiger partial charge on any atom is 0.261 e. The highest BCUT2D eigenvalue weighted by Crippen LogP contribution is 2.25. The number of carbonyl (C=O) groups excluding carboxylic acids is 2. The number of benzene rings is 2. The van der Waals surface area contributed by atoms with E-state index in [1.165, 1.54) is 4.90 Å². The normalized spacial score (nSPS) is 13.1. The average Bonchev–Trinajstić information content (AvgIpc) is 2.86. The summed E-state index contributed by atoms with van der Waals surface area (Å²) < 4.78 is 0. The third-order valence-corrected chi connectivity index (χ3v) is 4.15. The van der Waals surface area contributed by atoms with Gasteiger partial charge in [0.15, 0.2) is 0 Å². The van der Waals surface area contributed by atoms with Crippen molar-refractivity contribution < 1.29 is 14.7 Å². The SMILES string of the molecule is N#Cc1ccc(CN2C(=O)c3ccccc3C2=O)c(CCCO)c1. The molecule has 0 atom stereocenters. The van der Waals surface area contributed by atoms with Crippen LogP contribution in [0.2, 0.25) is 0 Å². The summed E-state index contributed by atoms with van der Waals surface area (Å²) in [6, 6.07) is 14.1. The summed E-state index contributed by atoms with van der Waals surface area (Å²) >= 11 is 0. The van der Waals surface area contributed by atoms with Crippen molar-refractivity contribution in [2.45, 2.75) is 19.4 Å². The van der Waals surface area contributed by atoms with Crippen LogP contribution in [-0.2, 0) is 13.0 Å². The molecule has 1 aliphatic rings. The number of fused-ring (bicyclic) bond motifs is 1. The predicted octanol–water partition coefficient (Wildman–Crippen LogP) is 2.28. The first-order chi connectivity index (χ1) is 11.7. The molecule has 1 heterocycles. The molecule has 120 valence electrons. The van der Waals surface area contributed by atoms with Gasteiger partial charge in [0.2, 0.25) is 0 Å². The minimum Gasteiger partial charge on any atom is -0.396 e. The molecule has 0 saturated carbocycles. The molecule has 0 aliphatic carbocycles. The molecule has 0 aromatic heterocycles. The Balaban J connectivity index is 1.91. The van der Waals surface area contributed by atoms with E-state index in [0.29, 0.717) is 29.5 Å². The van der Waals surface area contributed by atoms with E-state index >= 15 is 0 Å². The summed E-state index contributed by atoms with van der Waals surface area (Å²) in [6.07, 6.45) is 1.15. The second-order valence-corrected chi connectivity index (χ2v) is 5.66. The number of carbonyl (C=O) groups is 2. The maximum absolute atomic E-state index is 12.5. The van der Waals surface area contributed by atoms with E-state index in [0.717, 1.165) is 11.1 Å². The number of nitriles is 1. The number of aryl methyl sites for hydroxylation is 1. The van der Waals surface area contributed by atoms with Gasteiger partial charge in [0.25, 0.3) is 11.8 Å². The highest BCUT2D eigenvalue weighted by molar-refractivity contribution is 6.21. The molecule has 0 unspecified atom stereocenters. The Kier molecular flexibility index (Phi) is 4.41. The van der Waals surface area contributed by atoms with Gasteiger partial charge in [-0.05, 0) is 48.2 Å². The van der Waals surface area contributed by atoms with Gasteiger partial charge in [-0.15, -0.1) is 0 Å². The number of imide groups is 1. The predicted molar refractivity (Wildman–Crippen MR) is 87.2 cm³/mol. The van der Waals surface area contributed by atoms with E-state index in [-0.39, 0.29) is 25.0 Å². The zero-order valence-corrected chi connectivity index (χ0v) is 13.0. The zero-order valence-electron chi connectivity index (χ0n) is 13.0. The lowest BCUT2D eigenvalue weighted by molar-refractivity contribution is 0.0642. The standard InChI is InChI=1S/C19H16N2O3/c20-11-13-7-8-15(14(10-13)4-3-9-22)12-21-18(23)16-5-1-2-6-17(16)19(21)24/h1-2,5-8,10,22H,3-4,9,12H2. The molecule has 1 aliphatic heterocycles. The summed E-state index contributed by atoms with van der Waals surface area (Å²) in [5.74, 6) is -0.596. The van der Waals surface area contributed by atoms with Crippen LogP contribution in [0.1, 0.15) is 43.8 Å². The van der Waals surface area contributed by atoms with Gasteiger partial charge in [0.05, 0.1) is 29.3 Å². The fraction of sp³-hybridized carbons (Fsp3) is 0.211. The van der Waals surface area contributed by atoms with Crippen molar-refractivity contribution in [1.82, 2.24) is 4.90 Å². The van der Waals surface area contributed by atoms with Gasteiger partial charge < -0.3 is 5.11 Å². The van der Waals surface area contributed by atoms with E-state index in [9.17, 15) is 9.59 Å². The third kappa shape index (κ3) is 2.80. The van der Waals surface area contributed by atoms with Gasteiger partial charge >= 0.3 is 0 Å². The number of hydrogen-bond acceptors (Lipinski definition) is 4. The van der Waals surface area contributed by atoms with Crippen molar-refractivity contribution >= 4 is 11.8 Å². The smallest absolute Gasteiger partial charge is 0.261 e. The molecule has 2 aromatic rings. The van der Waals surface area contributed by atoms with Crippen molar-refractivity contribution in [1.29, 1.82) is 5.26 Å². The summed E-state index contributed by atoms with van der Waals surface area (Å²) in [4.78, 5) is 26.2. The van der Waals surface area contributed by atoms with Gasteiger partial charge in [-0.1, -0.05) is 18.2 Å². The first kappa shape index (κ1) is 15.9. The van der Waals surface area contributed by atoms with Crippen LogP contribution in [0.4, 0.5) is 0 Å². The molecule has 0 radical (unpaired) electrons. The van der Waals surface area contributed by atoms with Gasteiger partial charge in [0, 0.05) is 6.61 Å². The van der Waals surface area contributed by atoms with Crippen LogP contribution in [0.3, 0.4) is 0 Å². The Morgan fingerprint density at radius 3 is 2.25 bits per heavy atom. The van der Waals surface area contributed by atoms with Crippen molar-refractivity contribution in [3.63, 3.8) is 0 Å². The first-order valence-electron chi connectivity index (χ1n) is 7.73. The van der Waals surface area contributed by atoms with Gasteiger partial charge in [0.1, 0.15) is 0 Å². The van der Waals surface area contributed by atoms with E-state index in [2.05, 4.69) is 6.07 Å². The van der Waals surface area contributed by atoms with E-state index < -0.39 is 0 Å². The molecule has 2 amide bonds. The van der Waals surface area contributed by atoms with Crippen LogP contribution in [0.15, 0.2) is 42.5 Å². The molecule has 0 saturated heterocycles. The molecular formula is C19H16N2O3. The maximum atomic E-state index is 12.5. The lowest BCUT2D eigenvalue weighted by Gasteiger charge is -2.17. The first-order valence-corrected chi connectivity index (χ1v) is 7.73. The number of hydrogen-bond donors (Lipinski definition) is 1. The highest BCUT2D eigenvalue weighted by Gasteiger charge is 2.35. The molecule has 5 nitrogen and oxygen atoms in total. The monoisotopic (exact) mass is 320 g/mol. The topological polar surface area (TPSA) is 81.4 Å². The van der Waals surface area contributed by atoms with E-state index in [4.69, 9.17) is 10.4 Å². The van der Waals surface area contributed by atoms with Gasteiger partial charge in [-0.25, -0.2) is 0 Å². The Morgan fingerprint density at radius 1 is 1.00 bits per heavy atom. The van der Waals surface area contributed by atoms with Gasteiger partial charge in [-0.3, -0.25) is 14.5 Å². The lowest BCUT2D eigenvalue weighted by atomic mass is 10.00. The molecule has 5 heteroatoms. The minimum absolute atomic E-state index is 0.0449. The molecule has 0 bridgehead atoms. The lowest BCUT2D eigenvalue weighted by Crippen LogP contribution is -2.29. The van der Waals surface area contributed by atoms with Crippen LogP contribution >= 0.6 is 0 Å². The summed E-state index contributed by atoms with van der Waals surface area (Å²) in [6.45, 7) is 0.210. The number of rotatable bonds is 5. The fourth-order valence-electron chi connectivity index (χ4n) is 2.91. The van der Waals surface area contributed by atoms with E-state index in [1.807, 2.05) is 0 Å². The molecular weight excluding hydrogens is 304 g/mol. The molecule has 1 N–H and O–H groups in total. The molecule has 24 heavy (non-hydrogen) atoms. The Bertz CT molecular complexity index is 817. The van der Waals surface area contributed by atoms with Crippen molar-refractivity contribution in [3.05, 3.63) is 70.3 Å². The Morgan fingerprint density at radius 2 is 1.67 bits per heavy atom. The molecule has 0 spiro atoms. The number of aliphatic hydroxyl groups excluding tert-OH is 1. The van der Waals surface area contributed by atoms with Crippen LogP contribution < -0.4 is 0 Å². The van der Waals surface area contributed by atoms with Crippen LogP contribution in [-0.4, -0.2) is 28.4 Å². The summed E-state index contributed by atoms with van der Waals surface area (Å²) in [5.41, 5.74) is 3.06. The third-order valence-electron chi connectivity index (χ3n) is 4.15. The number of aliphatic hydroxyl groups is 1. The second kappa shape index (κ2) is 6.65. The van der Waals surface area contributed by atoms with E-state index in [1.54, 1.807) is 42.5 Å². The van der Waals surface area contributed by atoms with Crippen LogP contribution in [0.5, 0.6) is 0 Å². The zero-order chi connectivity index (χ0) is 17.1. The molecule has 2 aromatic carbocycles. The van der Waals surface area contributed by atoms with Crippen LogP contribution in [0, 0.1) is 11.3 Å². The molecule has 0 fully saturated rings. The number of nitrogens with zero attached hydrogens (tertiary/aromatic N) is 2. The number of amides is 2. The second-order valence-electron chi connectivity index (χ2n) is 5.66. The Labute approximate surface area is 139 Å². The largest absolute Gasteiger partial charge is 0.396 e. The van der Waals surface area contributed by atoms with Crippen molar-refractivity contribution in [2.75, 3.05) is 6.61 Å². The average molecular weight is 320 g/mol. The molecule has 3 rings (SSSR count). The highest BCUT2D eigenvalue weighted by atomic mass is 16.3. The summed E-state index contributed by atoms with van der Waals surface area (Å²) in [7, 11) is 0. The summed E-state index contributed by atoms with van der Waals surface area (Å²) in [5, 5.41) is 18.1.